The number of hydrogen-bond donors (Lipinski definition) is 0. The number of amides is 1. The number of piperidine rings is 1. The summed E-state index contributed by atoms with van der Waals surface area (Å²) in [7, 11) is 0. The first kappa shape index (κ1) is 18.2. The van der Waals surface area contributed by atoms with Gasteiger partial charge in [-0.15, -0.1) is 0 Å². The summed E-state index contributed by atoms with van der Waals surface area (Å²) in [4.78, 5) is 28.0. The summed E-state index contributed by atoms with van der Waals surface area (Å²) in [5.41, 5.74) is 2.77. The summed E-state index contributed by atoms with van der Waals surface area (Å²) < 4.78 is 11.9. The Labute approximate surface area is 180 Å². The van der Waals surface area contributed by atoms with Crippen LogP contribution in [0.4, 0.5) is 0 Å². The van der Waals surface area contributed by atoms with E-state index in [2.05, 4.69) is 0 Å². The number of carbonyl (C=O) groups is 2. The fraction of sp³-hybridized carbons (Fsp3) is 0.231. The SMILES string of the molecule is O=C1OC2(CCN(C(=O)C3c4ccccc4Oc4ccccc43)CC2)c2ccccc21. The van der Waals surface area contributed by atoms with Gasteiger partial charge in [-0.2, -0.15) is 0 Å². The lowest BCUT2D eigenvalue weighted by Gasteiger charge is -2.40. The van der Waals surface area contributed by atoms with Gasteiger partial charge in [-0.1, -0.05) is 54.6 Å². The molecule has 3 aliphatic heterocycles. The number of hydrogen-bond acceptors (Lipinski definition) is 4. The van der Waals surface area contributed by atoms with Crippen molar-refractivity contribution in [2.45, 2.75) is 24.4 Å². The molecule has 0 bridgehead atoms. The van der Waals surface area contributed by atoms with E-state index < -0.39 is 11.5 Å². The third-order valence-corrected chi connectivity index (χ3v) is 6.74. The third kappa shape index (κ3) is 2.69. The molecule has 0 radical (unpaired) electrons. The highest BCUT2D eigenvalue weighted by atomic mass is 16.6. The van der Waals surface area contributed by atoms with Crippen LogP contribution in [-0.2, 0) is 15.1 Å². The van der Waals surface area contributed by atoms with Crippen molar-refractivity contribution < 1.29 is 19.1 Å². The van der Waals surface area contributed by atoms with Crippen LogP contribution >= 0.6 is 0 Å². The van der Waals surface area contributed by atoms with E-state index in [1.807, 2.05) is 77.7 Å². The van der Waals surface area contributed by atoms with Crippen molar-refractivity contribution in [2.75, 3.05) is 13.1 Å². The minimum Gasteiger partial charge on any atom is -0.457 e. The summed E-state index contributed by atoms with van der Waals surface area (Å²) in [5.74, 6) is 0.866. The zero-order chi connectivity index (χ0) is 21.0. The van der Waals surface area contributed by atoms with Gasteiger partial charge in [0.1, 0.15) is 17.1 Å². The van der Waals surface area contributed by atoms with E-state index in [0.29, 0.717) is 31.5 Å². The molecule has 5 nitrogen and oxygen atoms in total. The molecule has 0 unspecified atom stereocenters. The van der Waals surface area contributed by atoms with Gasteiger partial charge < -0.3 is 14.4 Å². The van der Waals surface area contributed by atoms with Gasteiger partial charge in [0.2, 0.25) is 5.91 Å². The van der Waals surface area contributed by atoms with E-state index in [9.17, 15) is 9.59 Å². The highest BCUT2D eigenvalue weighted by Gasteiger charge is 2.48. The molecule has 3 aromatic rings. The van der Waals surface area contributed by atoms with Crippen molar-refractivity contribution >= 4 is 11.9 Å². The second kappa shape index (κ2) is 6.71. The number of ether oxygens (including phenoxy) is 2. The lowest BCUT2D eigenvalue weighted by molar-refractivity contribution is -0.136. The fourth-order valence-corrected chi connectivity index (χ4v) is 5.16. The van der Waals surface area contributed by atoms with Crippen molar-refractivity contribution in [1.29, 1.82) is 0 Å². The smallest absolute Gasteiger partial charge is 0.339 e. The van der Waals surface area contributed by atoms with E-state index >= 15 is 0 Å². The summed E-state index contributed by atoms with van der Waals surface area (Å²) >= 11 is 0. The number of fused-ring (bicyclic) bond motifs is 4. The van der Waals surface area contributed by atoms with Gasteiger partial charge in [0.05, 0.1) is 11.5 Å². The van der Waals surface area contributed by atoms with Crippen LogP contribution in [-0.4, -0.2) is 29.9 Å². The van der Waals surface area contributed by atoms with Crippen molar-refractivity contribution in [3.63, 3.8) is 0 Å². The third-order valence-electron chi connectivity index (χ3n) is 6.74. The maximum Gasteiger partial charge on any atom is 0.339 e. The molecule has 3 heterocycles. The van der Waals surface area contributed by atoms with Crippen LogP contribution in [0.15, 0.2) is 72.8 Å². The summed E-state index contributed by atoms with van der Waals surface area (Å²) in [6, 6.07) is 23.1. The van der Waals surface area contributed by atoms with Gasteiger partial charge in [-0.05, 0) is 18.2 Å². The van der Waals surface area contributed by atoms with E-state index in [4.69, 9.17) is 9.47 Å². The largest absolute Gasteiger partial charge is 0.457 e. The van der Waals surface area contributed by atoms with Crippen LogP contribution < -0.4 is 4.74 Å². The number of rotatable bonds is 1. The molecule has 0 aromatic heterocycles. The van der Waals surface area contributed by atoms with Crippen molar-refractivity contribution in [3.8, 4) is 11.5 Å². The number of nitrogens with zero attached hydrogens (tertiary/aromatic N) is 1. The first-order valence-corrected chi connectivity index (χ1v) is 10.6. The molecule has 0 atom stereocenters. The molecular weight excluding hydrogens is 390 g/mol. The molecule has 1 fully saturated rings. The number of esters is 1. The topological polar surface area (TPSA) is 55.8 Å². The summed E-state index contributed by atoms with van der Waals surface area (Å²) in [5, 5.41) is 0. The molecule has 3 aromatic carbocycles. The zero-order valence-electron chi connectivity index (χ0n) is 16.9. The van der Waals surface area contributed by atoms with Crippen molar-refractivity contribution in [3.05, 3.63) is 95.1 Å². The first-order chi connectivity index (χ1) is 15.2. The Morgan fingerprint density at radius 2 is 1.42 bits per heavy atom. The molecule has 1 spiro atoms. The average molecular weight is 411 g/mol. The first-order valence-electron chi connectivity index (χ1n) is 10.6. The van der Waals surface area contributed by atoms with Crippen LogP contribution in [0.1, 0.15) is 45.8 Å². The van der Waals surface area contributed by atoms with E-state index in [1.165, 1.54) is 0 Å². The van der Waals surface area contributed by atoms with Crippen LogP contribution in [0.2, 0.25) is 0 Å². The maximum absolute atomic E-state index is 13.8. The Bertz CT molecular complexity index is 1160. The zero-order valence-corrected chi connectivity index (χ0v) is 16.9. The Morgan fingerprint density at radius 3 is 2.10 bits per heavy atom. The molecule has 31 heavy (non-hydrogen) atoms. The van der Waals surface area contributed by atoms with Crippen LogP contribution in [0.3, 0.4) is 0 Å². The van der Waals surface area contributed by atoms with Gasteiger partial charge >= 0.3 is 5.97 Å². The minimum absolute atomic E-state index is 0.0654. The van der Waals surface area contributed by atoms with Crippen LogP contribution in [0.5, 0.6) is 11.5 Å². The minimum atomic E-state index is -0.615. The number of para-hydroxylation sites is 2. The Morgan fingerprint density at radius 1 is 0.839 bits per heavy atom. The average Bonchev–Trinajstić information content (AvgIpc) is 3.09. The van der Waals surface area contributed by atoms with Gasteiger partial charge in [0, 0.05) is 42.6 Å². The molecule has 3 aliphatic rings. The van der Waals surface area contributed by atoms with Gasteiger partial charge in [-0.25, -0.2) is 4.79 Å². The molecule has 1 saturated heterocycles. The fourth-order valence-electron chi connectivity index (χ4n) is 5.16. The Hall–Kier alpha value is -3.60. The van der Waals surface area contributed by atoms with Crippen molar-refractivity contribution in [1.82, 2.24) is 4.90 Å². The monoisotopic (exact) mass is 411 g/mol. The van der Waals surface area contributed by atoms with Gasteiger partial charge in [0.15, 0.2) is 0 Å². The normalized spacial score (nSPS) is 18.6. The predicted molar refractivity (Wildman–Crippen MR) is 114 cm³/mol. The number of carbonyl (C=O) groups excluding carboxylic acids is 2. The standard InChI is InChI=1S/C26H21NO4/c28-24(23-18-8-2-5-11-21(18)30-22-12-6-3-9-19(22)23)27-15-13-26(14-16-27)20-10-4-1-7-17(20)25(29)31-26/h1-12,23H,13-16H2. The lowest BCUT2D eigenvalue weighted by Crippen LogP contribution is -2.47. The quantitative estimate of drug-likeness (QED) is 0.549. The predicted octanol–water partition coefficient (Wildman–Crippen LogP) is 4.61. The number of benzene rings is 3. The van der Waals surface area contributed by atoms with Gasteiger partial charge in [-0.3, -0.25) is 4.79 Å². The summed E-state index contributed by atoms with van der Waals surface area (Å²) in [6.45, 7) is 1.09. The molecule has 6 rings (SSSR count). The molecule has 0 aliphatic carbocycles. The van der Waals surface area contributed by atoms with Crippen LogP contribution in [0.25, 0.3) is 0 Å². The molecule has 1 amide bonds. The lowest BCUT2D eigenvalue weighted by atomic mass is 9.82. The van der Waals surface area contributed by atoms with Crippen molar-refractivity contribution in [2.24, 2.45) is 0 Å². The second-order valence-electron chi connectivity index (χ2n) is 8.37. The molecule has 154 valence electrons. The molecule has 0 N–H and O–H groups in total. The van der Waals surface area contributed by atoms with E-state index in [1.54, 1.807) is 0 Å². The van der Waals surface area contributed by atoms with E-state index in [0.717, 1.165) is 28.2 Å². The highest BCUT2D eigenvalue weighted by Crippen LogP contribution is 2.47. The van der Waals surface area contributed by atoms with Crippen LogP contribution in [0, 0.1) is 0 Å². The van der Waals surface area contributed by atoms with E-state index in [-0.39, 0.29) is 11.9 Å². The number of likely N-dealkylation sites (tertiary alicyclic amines) is 1. The molecular formula is C26H21NO4. The summed E-state index contributed by atoms with van der Waals surface area (Å²) in [6.07, 6.45) is 1.21. The molecule has 0 saturated carbocycles. The Kier molecular flexibility index (Phi) is 3.93. The second-order valence-corrected chi connectivity index (χ2v) is 8.37. The molecule has 5 heteroatoms. The van der Waals surface area contributed by atoms with Gasteiger partial charge in [0.25, 0.3) is 0 Å². The Balaban J connectivity index is 1.30. The highest BCUT2D eigenvalue weighted by molar-refractivity contribution is 5.95. The maximum atomic E-state index is 13.8.